The third-order valence-corrected chi connectivity index (χ3v) is 2.28. The summed E-state index contributed by atoms with van der Waals surface area (Å²) in [6.45, 7) is 4.54. The lowest BCUT2D eigenvalue weighted by Gasteiger charge is -2.08. The molecule has 2 rings (SSSR count). The summed E-state index contributed by atoms with van der Waals surface area (Å²) in [4.78, 5) is 0. The molecule has 14 heavy (non-hydrogen) atoms. The van der Waals surface area contributed by atoms with Crippen LogP contribution < -0.4 is 11.1 Å². The molecule has 0 radical (unpaired) electrons. The van der Waals surface area contributed by atoms with E-state index in [1.54, 1.807) is 0 Å². The number of nitrogen functional groups attached to an aromatic ring is 1. The van der Waals surface area contributed by atoms with Crippen LogP contribution in [0.4, 0.5) is 5.69 Å². The van der Waals surface area contributed by atoms with Gasteiger partial charge in [-0.05, 0) is 45.0 Å². The Bertz CT molecular complexity index is 204. The molecule has 1 aliphatic heterocycles. The van der Waals surface area contributed by atoms with Crippen molar-refractivity contribution in [1.82, 2.24) is 5.32 Å². The SMILES string of the molecule is C1CCNCC1.Cc1ccc(N)cc1. The number of rotatable bonds is 0. The van der Waals surface area contributed by atoms with E-state index in [0.29, 0.717) is 0 Å². The minimum atomic E-state index is 0.829. The number of nitrogens with one attached hydrogen (secondary N) is 1. The molecule has 0 unspecified atom stereocenters. The first-order valence-electron chi connectivity index (χ1n) is 5.32. The van der Waals surface area contributed by atoms with E-state index < -0.39 is 0 Å². The zero-order valence-corrected chi connectivity index (χ0v) is 8.92. The van der Waals surface area contributed by atoms with Crippen LogP contribution >= 0.6 is 0 Å². The fourth-order valence-electron chi connectivity index (χ4n) is 1.37. The van der Waals surface area contributed by atoms with Crippen LogP contribution in [0.3, 0.4) is 0 Å². The van der Waals surface area contributed by atoms with Crippen molar-refractivity contribution in [2.75, 3.05) is 18.8 Å². The first-order chi connectivity index (χ1) is 6.79. The smallest absolute Gasteiger partial charge is 0.0314 e. The van der Waals surface area contributed by atoms with Crippen LogP contribution in [0.2, 0.25) is 0 Å². The van der Waals surface area contributed by atoms with Crippen LogP contribution in [-0.2, 0) is 0 Å². The summed E-state index contributed by atoms with van der Waals surface area (Å²) in [6.07, 6.45) is 4.22. The number of aryl methyl sites for hydroxylation is 1. The van der Waals surface area contributed by atoms with Gasteiger partial charge in [0.2, 0.25) is 0 Å². The van der Waals surface area contributed by atoms with Gasteiger partial charge in [-0.15, -0.1) is 0 Å². The Morgan fingerprint density at radius 3 is 1.86 bits per heavy atom. The van der Waals surface area contributed by atoms with Crippen molar-refractivity contribution in [1.29, 1.82) is 0 Å². The summed E-state index contributed by atoms with van der Waals surface area (Å²) < 4.78 is 0. The second-order valence-corrected chi connectivity index (χ2v) is 3.72. The molecule has 1 aromatic carbocycles. The summed E-state index contributed by atoms with van der Waals surface area (Å²) in [5, 5.41) is 3.28. The first-order valence-corrected chi connectivity index (χ1v) is 5.32. The number of hydrogen-bond donors (Lipinski definition) is 2. The highest BCUT2D eigenvalue weighted by atomic mass is 14.9. The van der Waals surface area contributed by atoms with E-state index >= 15 is 0 Å². The Hall–Kier alpha value is -1.02. The van der Waals surface area contributed by atoms with Gasteiger partial charge in [-0.3, -0.25) is 0 Å². The molecule has 0 atom stereocenters. The second kappa shape index (κ2) is 6.44. The van der Waals surface area contributed by atoms with Crippen LogP contribution in [0.25, 0.3) is 0 Å². The molecule has 0 saturated carbocycles. The zero-order valence-electron chi connectivity index (χ0n) is 8.92. The van der Waals surface area contributed by atoms with Crippen molar-refractivity contribution in [3.05, 3.63) is 29.8 Å². The van der Waals surface area contributed by atoms with E-state index in [0.717, 1.165) is 5.69 Å². The maximum atomic E-state index is 5.43. The molecule has 2 nitrogen and oxygen atoms in total. The minimum absolute atomic E-state index is 0.829. The lowest BCUT2D eigenvalue weighted by molar-refractivity contribution is 0.520. The van der Waals surface area contributed by atoms with Gasteiger partial charge in [-0.2, -0.15) is 0 Å². The van der Waals surface area contributed by atoms with Crippen LogP contribution in [-0.4, -0.2) is 13.1 Å². The lowest BCUT2D eigenvalue weighted by atomic mass is 10.2. The van der Waals surface area contributed by atoms with E-state index in [9.17, 15) is 0 Å². The van der Waals surface area contributed by atoms with Gasteiger partial charge in [0.1, 0.15) is 0 Å². The molecule has 1 aliphatic rings. The number of nitrogens with two attached hydrogens (primary N) is 1. The average Bonchev–Trinajstić information content (AvgIpc) is 2.26. The van der Waals surface area contributed by atoms with Crippen molar-refractivity contribution >= 4 is 5.69 Å². The Balaban J connectivity index is 0.000000146. The third kappa shape index (κ3) is 4.87. The molecule has 0 aliphatic carbocycles. The van der Waals surface area contributed by atoms with Crippen LogP contribution in [0.5, 0.6) is 0 Å². The highest BCUT2D eigenvalue weighted by Crippen LogP contribution is 2.02. The molecule has 0 spiro atoms. The number of piperidine rings is 1. The highest BCUT2D eigenvalue weighted by Gasteiger charge is 1.93. The summed E-state index contributed by atoms with van der Waals surface area (Å²) in [5.41, 5.74) is 7.51. The molecule has 1 saturated heterocycles. The quantitative estimate of drug-likeness (QED) is 0.619. The second-order valence-electron chi connectivity index (χ2n) is 3.72. The molecule has 3 N–H and O–H groups in total. The van der Waals surface area contributed by atoms with Gasteiger partial charge in [-0.1, -0.05) is 24.1 Å². The molecule has 78 valence electrons. The van der Waals surface area contributed by atoms with Crippen molar-refractivity contribution in [2.45, 2.75) is 26.2 Å². The van der Waals surface area contributed by atoms with Gasteiger partial charge in [0, 0.05) is 5.69 Å². The Morgan fingerprint density at radius 2 is 1.57 bits per heavy atom. The molecule has 1 heterocycles. The Labute approximate surface area is 86.5 Å². The normalized spacial score (nSPS) is 15.5. The number of benzene rings is 1. The van der Waals surface area contributed by atoms with Gasteiger partial charge >= 0.3 is 0 Å². The molecule has 1 fully saturated rings. The summed E-state index contributed by atoms with van der Waals surface area (Å²) in [5.74, 6) is 0. The summed E-state index contributed by atoms with van der Waals surface area (Å²) in [6, 6.07) is 7.79. The molecule has 0 amide bonds. The Morgan fingerprint density at radius 1 is 1.00 bits per heavy atom. The largest absolute Gasteiger partial charge is 0.399 e. The maximum Gasteiger partial charge on any atom is 0.0314 e. The van der Waals surface area contributed by atoms with E-state index in [1.165, 1.54) is 37.9 Å². The van der Waals surface area contributed by atoms with Gasteiger partial charge in [0.25, 0.3) is 0 Å². The van der Waals surface area contributed by atoms with E-state index in [4.69, 9.17) is 5.73 Å². The first kappa shape index (κ1) is 11.1. The number of anilines is 1. The minimum Gasteiger partial charge on any atom is -0.399 e. The molecular formula is C12H20N2. The van der Waals surface area contributed by atoms with Gasteiger partial charge in [0.05, 0.1) is 0 Å². The lowest BCUT2D eigenvalue weighted by Crippen LogP contribution is -2.21. The van der Waals surface area contributed by atoms with Crippen molar-refractivity contribution < 1.29 is 0 Å². The van der Waals surface area contributed by atoms with Crippen molar-refractivity contribution in [2.24, 2.45) is 0 Å². The van der Waals surface area contributed by atoms with E-state index in [1.807, 2.05) is 31.2 Å². The molecule has 2 heteroatoms. The topological polar surface area (TPSA) is 38.0 Å². The predicted molar refractivity (Wildman–Crippen MR) is 62.3 cm³/mol. The molecule has 0 bridgehead atoms. The maximum absolute atomic E-state index is 5.43. The average molecular weight is 192 g/mol. The molecular weight excluding hydrogens is 172 g/mol. The van der Waals surface area contributed by atoms with Crippen LogP contribution in [0.1, 0.15) is 24.8 Å². The summed E-state index contributed by atoms with van der Waals surface area (Å²) >= 11 is 0. The third-order valence-electron chi connectivity index (χ3n) is 2.28. The summed E-state index contributed by atoms with van der Waals surface area (Å²) in [7, 11) is 0. The van der Waals surface area contributed by atoms with E-state index in [-0.39, 0.29) is 0 Å². The van der Waals surface area contributed by atoms with Gasteiger partial charge in [-0.25, -0.2) is 0 Å². The number of hydrogen-bond acceptors (Lipinski definition) is 2. The zero-order chi connectivity index (χ0) is 10.2. The van der Waals surface area contributed by atoms with Gasteiger partial charge in [0.15, 0.2) is 0 Å². The van der Waals surface area contributed by atoms with Crippen LogP contribution in [0, 0.1) is 6.92 Å². The fraction of sp³-hybridized carbons (Fsp3) is 0.500. The predicted octanol–water partition coefficient (Wildman–Crippen LogP) is 2.34. The fourth-order valence-corrected chi connectivity index (χ4v) is 1.37. The van der Waals surface area contributed by atoms with Crippen molar-refractivity contribution in [3.63, 3.8) is 0 Å². The molecule has 1 aromatic rings. The monoisotopic (exact) mass is 192 g/mol. The van der Waals surface area contributed by atoms with E-state index in [2.05, 4.69) is 5.32 Å². The van der Waals surface area contributed by atoms with Crippen molar-refractivity contribution in [3.8, 4) is 0 Å². The van der Waals surface area contributed by atoms with Crippen LogP contribution in [0.15, 0.2) is 24.3 Å². The Kier molecular flexibility index (Phi) is 5.08. The van der Waals surface area contributed by atoms with Gasteiger partial charge < -0.3 is 11.1 Å². The standard InChI is InChI=1S/C7H9N.C5H11N/c1-6-2-4-7(8)5-3-6;1-2-4-6-5-3-1/h2-5H,8H2,1H3;6H,1-5H2. The highest BCUT2D eigenvalue weighted by molar-refractivity contribution is 5.38. The molecule has 0 aromatic heterocycles.